The van der Waals surface area contributed by atoms with Crippen molar-refractivity contribution in [2.75, 3.05) is 38.0 Å². The Morgan fingerprint density at radius 2 is 1.84 bits per heavy atom. The zero-order valence-corrected chi connectivity index (χ0v) is 23.8. The van der Waals surface area contributed by atoms with Gasteiger partial charge in [0.25, 0.3) is 0 Å². The van der Waals surface area contributed by atoms with Crippen LogP contribution in [0.25, 0.3) is 11.2 Å². The van der Waals surface area contributed by atoms with Crippen molar-refractivity contribution in [3.63, 3.8) is 0 Å². The third-order valence-corrected chi connectivity index (χ3v) is 8.19. The maximum Gasteiger partial charge on any atom is 0.246 e. The van der Waals surface area contributed by atoms with Gasteiger partial charge in [0.2, 0.25) is 5.91 Å². The zero-order valence-electron chi connectivity index (χ0n) is 23.8. The molecule has 5 aromatic rings. The van der Waals surface area contributed by atoms with Crippen LogP contribution in [0.5, 0.6) is 11.5 Å². The summed E-state index contributed by atoms with van der Waals surface area (Å²) in [5.74, 6) is 2.46. The lowest BCUT2D eigenvalue weighted by atomic mass is 9.90. The fraction of sp³-hybridized carbons (Fsp3) is 0.323. The second-order valence-corrected chi connectivity index (χ2v) is 11.1. The van der Waals surface area contributed by atoms with E-state index in [0.29, 0.717) is 38.5 Å². The normalized spacial score (nSPS) is 16.7. The Labute approximate surface area is 247 Å². The highest BCUT2D eigenvalue weighted by Crippen LogP contribution is 2.35. The lowest BCUT2D eigenvalue weighted by Gasteiger charge is -2.33. The van der Waals surface area contributed by atoms with E-state index in [1.807, 2.05) is 70.0 Å². The topological polar surface area (TPSA) is 105 Å². The van der Waals surface area contributed by atoms with Crippen LogP contribution < -0.4 is 10.1 Å². The predicted molar refractivity (Wildman–Crippen MR) is 160 cm³/mol. The van der Waals surface area contributed by atoms with Crippen LogP contribution in [-0.4, -0.2) is 83.8 Å². The third-order valence-electron chi connectivity index (χ3n) is 8.19. The van der Waals surface area contributed by atoms with Crippen LogP contribution in [0.15, 0.2) is 73.6 Å². The average Bonchev–Trinajstić information content (AvgIpc) is 3.65. The number of hydrogen-bond donors (Lipinski definition) is 1. The van der Waals surface area contributed by atoms with Crippen LogP contribution in [0, 0.1) is 6.92 Å². The number of aromatic nitrogens is 6. The van der Waals surface area contributed by atoms with Crippen LogP contribution in [0.4, 0.5) is 15.9 Å². The molecule has 220 valence electrons. The number of nitrogens with one attached hydrogen (secondary N) is 1. The molecule has 0 spiro atoms. The minimum atomic E-state index is -0.729. The number of alkyl halides is 1. The molecule has 0 unspecified atom stereocenters. The minimum Gasteiger partial charge on any atom is -0.457 e. The number of ether oxygens (including phenoxy) is 1. The first-order chi connectivity index (χ1) is 21.0. The van der Waals surface area contributed by atoms with E-state index >= 15 is 0 Å². The molecule has 7 rings (SSSR count). The van der Waals surface area contributed by atoms with E-state index in [1.54, 1.807) is 16.9 Å². The fourth-order valence-electron chi connectivity index (χ4n) is 5.84. The van der Waals surface area contributed by atoms with Crippen molar-refractivity contribution in [3.8, 4) is 11.5 Å². The maximum absolute atomic E-state index is 13.0. The Morgan fingerprint density at radius 1 is 1.05 bits per heavy atom. The van der Waals surface area contributed by atoms with Gasteiger partial charge in [0.1, 0.15) is 35.8 Å². The lowest BCUT2D eigenvalue weighted by molar-refractivity contribution is -0.127. The SMILES string of the molecule is Cc1cc(Nc2ncnn3ccc(C4CCN(C(=O)/C=C/CN5CC(F)C5)CC4)c23)ccc1Oc1ccn2ncnc2c1. The van der Waals surface area contributed by atoms with Crippen LogP contribution >= 0.6 is 0 Å². The van der Waals surface area contributed by atoms with Crippen molar-refractivity contribution in [3.05, 3.63) is 84.7 Å². The number of hydrogen-bond acceptors (Lipinski definition) is 8. The van der Waals surface area contributed by atoms with Crippen molar-refractivity contribution in [1.29, 1.82) is 0 Å². The third kappa shape index (κ3) is 5.65. The molecule has 11 nitrogen and oxygen atoms in total. The number of carbonyl (C=O) groups excluding carboxylic acids is 1. The van der Waals surface area contributed by atoms with Crippen molar-refractivity contribution in [2.24, 2.45) is 0 Å². The molecule has 43 heavy (non-hydrogen) atoms. The second-order valence-electron chi connectivity index (χ2n) is 11.1. The molecule has 1 aromatic carbocycles. The molecule has 0 atom stereocenters. The van der Waals surface area contributed by atoms with Crippen molar-refractivity contribution in [2.45, 2.75) is 31.9 Å². The highest BCUT2D eigenvalue weighted by Gasteiger charge is 2.27. The molecular weight excluding hydrogens is 549 g/mol. The highest BCUT2D eigenvalue weighted by molar-refractivity contribution is 5.87. The number of nitrogens with zero attached hydrogens (tertiary/aromatic N) is 8. The summed E-state index contributed by atoms with van der Waals surface area (Å²) in [6.45, 7) is 4.90. The number of aryl methyl sites for hydroxylation is 1. The summed E-state index contributed by atoms with van der Waals surface area (Å²) >= 11 is 0. The summed E-state index contributed by atoms with van der Waals surface area (Å²) in [7, 11) is 0. The van der Waals surface area contributed by atoms with E-state index in [2.05, 4.69) is 31.5 Å². The van der Waals surface area contributed by atoms with Crippen molar-refractivity contribution in [1.82, 2.24) is 39.0 Å². The summed E-state index contributed by atoms with van der Waals surface area (Å²) in [6.07, 6.45) is 11.3. The van der Waals surface area contributed by atoms with Crippen LogP contribution in [0.2, 0.25) is 0 Å². The number of piperidine rings is 1. The number of likely N-dealkylation sites (tertiary alicyclic amines) is 2. The van der Waals surface area contributed by atoms with Gasteiger partial charge in [-0.25, -0.2) is 23.4 Å². The van der Waals surface area contributed by atoms with Crippen molar-refractivity contribution >= 4 is 28.6 Å². The van der Waals surface area contributed by atoms with Crippen LogP contribution in [0.3, 0.4) is 0 Å². The Balaban J connectivity index is 1.02. The number of amides is 1. The average molecular weight is 582 g/mol. The van der Waals surface area contributed by atoms with Gasteiger partial charge in [-0.15, -0.1) is 0 Å². The Hall–Kier alpha value is -4.84. The van der Waals surface area contributed by atoms with Crippen LogP contribution in [0.1, 0.15) is 29.9 Å². The Morgan fingerprint density at radius 3 is 2.65 bits per heavy atom. The predicted octanol–water partition coefficient (Wildman–Crippen LogP) is 4.53. The Kier molecular flexibility index (Phi) is 7.19. The monoisotopic (exact) mass is 581 g/mol. The van der Waals surface area contributed by atoms with Gasteiger partial charge in [0.05, 0.1) is 0 Å². The molecule has 4 aromatic heterocycles. The number of carbonyl (C=O) groups is 1. The van der Waals surface area contributed by atoms with E-state index in [1.165, 1.54) is 11.9 Å². The van der Waals surface area contributed by atoms with E-state index in [4.69, 9.17) is 4.74 Å². The first-order valence-corrected chi connectivity index (χ1v) is 14.5. The summed E-state index contributed by atoms with van der Waals surface area (Å²) in [6, 6.07) is 11.7. The largest absolute Gasteiger partial charge is 0.457 e. The standard InChI is InChI=1S/C31H32FN9O2/c1-21-15-24(4-5-27(21)43-25-8-13-40-28(16-25)33-19-35-40)37-31-30-26(9-14-41(30)36-20-34-31)22-6-11-39(12-7-22)29(42)3-2-10-38-17-23(32)18-38/h2-5,8-9,13-16,19-20,22-23H,6-7,10-12,17-18H2,1H3,(H,34,36,37)/b3-2+. The molecule has 0 aliphatic carbocycles. The number of pyridine rings is 1. The molecule has 12 heteroatoms. The van der Waals surface area contributed by atoms with Gasteiger partial charge in [-0.1, -0.05) is 6.08 Å². The molecular formula is C31H32FN9O2. The van der Waals surface area contributed by atoms with E-state index < -0.39 is 6.17 Å². The Bertz CT molecular complexity index is 1800. The zero-order chi connectivity index (χ0) is 29.3. The minimum absolute atomic E-state index is 0.0186. The first kappa shape index (κ1) is 27.0. The lowest BCUT2D eigenvalue weighted by Crippen LogP contribution is -2.48. The molecule has 2 fully saturated rings. The molecule has 0 radical (unpaired) electrons. The fourth-order valence-corrected chi connectivity index (χ4v) is 5.84. The van der Waals surface area contributed by atoms with E-state index in [-0.39, 0.29) is 11.8 Å². The van der Waals surface area contributed by atoms with Crippen molar-refractivity contribution < 1.29 is 13.9 Å². The van der Waals surface area contributed by atoms with E-state index in [0.717, 1.165) is 46.8 Å². The van der Waals surface area contributed by atoms with Crippen LogP contribution in [-0.2, 0) is 4.79 Å². The van der Waals surface area contributed by atoms with Gasteiger partial charge in [0, 0.05) is 62.9 Å². The first-order valence-electron chi connectivity index (χ1n) is 14.5. The molecule has 2 saturated heterocycles. The van der Waals surface area contributed by atoms with Gasteiger partial charge in [0.15, 0.2) is 11.5 Å². The van der Waals surface area contributed by atoms with E-state index in [9.17, 15) is 9.18 Å². The summed E-state index contributed by atoms with van der Waals surface area (Å²) < 4.78 is 22.7. The number of anilines is 2. The van der Waals surface area contributed by atoms with Gasteiger partial charge in [-0.2, -0.15) is 10.2 Å². The van der Waals surface area contributed by atoms with Gasteiger partial charge < -0.3 is 15.0 Å². The quantitative estimate of drug-likeness (QED) is 0.267. The number of benzene rings is 1. The molecule has 2 aliphatic rings. The number of halogens is 1. The summed E-state index contributed by atoms with van der Waals surface area (Å²) in [5.41, 5.74) is 4.68. The molecule has 0 saturated carbocycles. The molecule has 1 N–H and O–H groups in total. The summed E-state index contributed by atoms with van der Waals surface area (Å²) in [5, 5.41) is 12.0. The van der Waals surface area contributed by atoms with Gasteiger partial charge in [-0.3, -0.25) is 9.69 Å². The van der Waals surface area contributed by atoms with Gasteiger partial charge in [-0.05, 0) is 67.1 Å². The molecule has 1 amide bonds. The van der Waals surface area contributed by atoms with Gasteiger partial charge >= 0.3 is 0 Å². The second kappa shape index (κ2) is 11.4. The molecule has 0 bridgehead atoms. The highest BCUT2D eigenvalue weighted by atomic mass is 19.1. The maximum atomic E-state index is 13.0. The number of fused-ring (bicyclic) bond motifs is 2. The summed E-state index contributed by atoms with van der Waals surface area (Å²) in [4.78, 5) is 25.4. The number of rotatable bonds is 8. The molecule has 2 aliphatic heterocycles. The molecule has 6 heterocycles. The smallest absolute Gasteiger partial charge is 0.246 e.